The number of hydrogen-bond donors (Lipinski definition) is 2. The second-order valence-corrected chi connectivity index (χ2v) is 8.16. The molecule has 0 radical (unpaired) electrons. The van der Waals surface area contributed by atoms with E-state index in [0.717, 1.165) is 23.4 Å². The number of rotatable bonds is 5. The molecular formula is C24H24N6O2. The van der Waals surface area contributed by atoms with Gasteiger partial charge in [-0.05, 0) is 37.1 Å². The summed E-state index contributed by atoms with van der Waals surface area (Å²) in [5.41, 5.74) is 2.63. The molecule has 2 fully saturated rings. The Bertz CT molecular complexity index is 1120. The van der Waals surface area contributed by atoms with Crippen LogP contribution in [0.1, 0.15) is 31.0 Å². The van der Waals surface area contributed by atoms with E-state index in [-0.39, 0.29) is 17.7 Å². The van der Waals surface area contributed by atoms with Crippen LogP contribution in [0, 0.1) is 0 Å². The summed E-state index contributed by atoms with van der Waals surface area (Å²) in [4.78, 5) is 40.0. The van der Waals surface area contributed by atoms with Gasteiger partial charge in [-0.25, -0.2) is 9.97 Å². The highest BCUT2D eigenvalue weighted by Crippen LogP contribution is 2.30. The fourth-order valence-corrected chi connectivity index (χ4v) is 4.23. The van der Waals surface area contributed by atoms with Crippen LogP contribution in [0.5, 0.6) is 0 Å². The van der Waals surface area contributed by atoms with Crippen LogP contribution in [-0.2, 0) is 9.59 Å². The van der Waals surface area contributed by atoms with E-state index in [4.69, 9.17) is 9.97 Å². The molecule has 3 aromatic rings. The van der Waals surface area contributed by atoms with Crippen molar-refractivity contribution in [2.75, 3.05) is 18.4 Å². The first-order valence-corrected chi connectivity index (χ1v) is 10.9. The predicted molar refractivity (Wildman–Crippen MR) is 120 cm³/mol. The molecular weight excluding hydrogens is 404 g/mol. The maximum Gasteiger partial charge on any atom is 0.245 e. The fraction of sp³-hybridized carbons (Fsp3) is 0.292. The van der Waals surface area contributed by atoms with Crippen molar-refractivity contribution in [3.63, 3.8) is 0 Å². The Labute approximate surface area is 186 Å². The highest BCUT2D eigenvalue weighted by molar-refractivity contribution is 5.91. The van der Waals surface area contributed by atoms with E-state index < -0.39 is 6.04 Å². The van der Waals surface area contributed by atoms with Crippen LogP contribution >= 0.6 is 0 Å². The first-order valence-electron chi connectivity index (χ1n) is 10.9. The molecule has 8 nitrogen and oxygen atoms in total. The monoisotopic (exact) mass is 428 g/mol. The largest absolute Gasteiger partial charge is 0.344 e. The second-order valence-electron chi connectivity index (χ2n) is 8.16. The molecule has 2 atom stereocenters. The lowest BCUT2D eigenvalue weighted by atomic mass is 10.1. The Hall–Kier alpha value is -3.81. The van der Waals surface area contributed by atoms with E-state index in [1.807, 2.05) is 53.4 Å². The number of carbonyl (C=O) groups excluding carboxylic acids is 2. The fourth-order valence-electron chi connectivity index (χ4n) is 4.23. The number of anilines is 2. The van der Waals surface area contributed by atoms with Crippen molar-refractivity contribution in [3.05, 3.63) is 66.7 Å². The third kappa shape index (κ3) is 4.30. The molecule has 2 aromatic heterocycles. The first-order chi connectivity index (χ1) is 15.7. The molecule has 5 rings (SSSR count). The van der Waals surface area contributed by atoms with Gasteiger partial charge >= 0.3 is 0 Å². The van der Waals surface area contributed by atoms with Gasteiger partial charge in [0.05, 0.1) is 5.69 Å². The van der Waals surface area contributed by atoms with Crippen LogP contribution in [0.15, 0.2) is 60.9 Å². The third-order valence-corrected chi connectivity index (χ3v) is 5.91. The summed E-state index contributed by atoms with van der Waals surface area (Å²) < 4.78 is 0. The average molecular weight is 428 g/mol. The van der Waals surface area contributed by atoms with Gasteiger partial charge in [-0.3, -0.25) is 14.6 Å². The van der Waals surface area contributed by atoms with Crippen molar-refractivity contribution in [2.45, 2.75) is 31.2 Å². The number of nitrogens with one attached hydrogen (secondary N) is 2. The van der Waals surface area contributed by atoms with Crippen molar-refractivity contribution >= 4 is 23.3 Å². The van der Waals surface area contributed by atoms with E-state index in [1.165, 1.54) is 0 Å². The molecule has 0 saturated carbocycles. The maximum atomic E-state index is 12.8. The van der Waals surface area contributed by atoms with Crippen LogP contribution in [0.2, 0.25) is 0 Å². The number of aromatic nitrogens is 3. The number of benzene rings is 1. The molecule has 2 aliphatic heterocycles. The van der Waals surface area contributed by atoms with E-state index in [9.17, 15) is 9.59 Å². The molecule has 162 valence electrons. The average Bonchev–Trinajstić information content (AvgIpc) is 3.49. The molecule has 0 unspecified atom stereocenters. The van der Waals surface area contributed by atoms with Gasteiger partial charge in [0.1, 0.15) is 17.7 Å². The van der Waals surface area contributed by atoms with Gasteiger partial charge in [0.25, 0.3) is 0 Å². The zero-order chi connectivity index (χ0) is 21.9. The number of carbonyl (C=O) groups is 2. The molecule has 0 spiro atoms. The SMILES string of the molecule is O=C1CC[C@@H](C(=O)N2CC[C@@H](c3nc(Nc4ccccc4)cc(-c4cccnc4)n3)C2)N1. The lowest BCUT2D eigenvalue weighted by Crippen LogP contribution is -2.43. The van der Waals surface area contributed by atoms with E-state index >= 15 is 0 Å². The van der Waals surface area contributed by atoms with Crippen LogP contribution in [-0.4, -0.2) is 50.8 Å². The van der Waals surface area contributed by atoms with E-state index in [1.54, 1.807) is 12.4 Å². The van der Waals surface area contributed by atoms with Gasteiger partial charge in [-0.15, -0.1) is 0 Å². The Morgan fingerprint density at radius 2 is 1.97 bits per heavy atom. The lowest BCUT2D eigenvalue weighted by Gasteiger charge is -2.20. The number of nitrogens with zero attached hydrogens (tertiary/aromatic N) is 4. The summed E-state index contributed by atoms with van der Waals surface area (Å²) in [6.07, 6.45) is 5.28. The number of para-hydroxylation sites is 1. The first kappa shape index (κ1) is 20.1. The molecule has 2 saturated heterocycles. The van der Waals surface area contributed by atoms with Crippen molar-refractivity contribution < 1.29 is 9.59 Å². The standard InChI is InChI=1S/C24H24N6O2/c31-22-9-8-19(27-22)24(32)30-12-10-17(15-30)23-28-20(16-5-4-11-25-14-16)13-21(29-23)26-18-6-2-1-3-7-18/h1-7,11,13-14,17,19H,8-10,12,15H2,(H,27,31)(H,26,28,29)/t17-,19+/m1/s1. The normalized spacial score (nSPS) is 20.2. The van der Waals surface area contributed by atoms with Gasteiger partial charge in [0.2, 0.25) is 11.8 Å². The Balaban J connectivity index is 1.40. The smallest absolute Gasteiger partial charge is 0.245 e. The molecule has 2 amide bonds. The van der Waals surface area contributed by atoms with Crippen molar-refractivity contribution in [3.8, 4) is 11.3 Å². The minimum Gasteiger partial charge on any atom is -0.344 e. The minimum atomic E-state index is -0.404. The maximum absolute atomic E-state index is 12.8. The molecule has 2 N–H and O–H groups in total. The Morgan fingerprint density at radius 1 is 1.09 bits per heavy atom. The van der Waals surface area contributed by atoms with Crippen LogP contribution in [0.3, 0.4) is 0 Å². The van der Waals surface area contributed by atoms with E-state index in [2.05, 4.69) is 15.6 Å². The lowest BCUT2D eigenvalue weighted by molar-refractivity contribution is -0.133. The topological polar surface area (TPSA) is 100 Å². The zero-order valence-electron chi connectivity index (χ0n) is 17.6. The molecule has 0 aliphatic carbocycles. The van der Waals surface area contributed by atoms with Gasteiger partial charge in [-0.2, -0.15) is 0 Å². The van der Waals surface area contributed by atoms with Crippen molar-refractivity contribution in [2.24, 2.45) is 0 Å². The Kier molecular flexibility index (Phi) is 5.49. The van der Waals surface area contributed by atoms with Crippen LogP contribution < -0.4 is 10.6 Å². The molecule has 0 bridgehead atoms. The molecule has 4 heterocycles. The summed E-state index contributed by atoms with van der Waals surface area (Å²) in [7, 11) is 0. The quantitative estimate of drug-likeness (QED) is 0.648. The molecule has 1 aromatic carbocycles. The third-order valence-electron chi connectivity index (χ3n) is 5.91. The Morgan fingerprint density at radius 3 is 2.72 bits per heavy atom. The second kappa shape index (κ2) is 8.74. The number of amides is 2. The highest BCUT2D eigenvalue weighted by Gasteiger charge is 2.35. The minimum absolute atomic E-state index is 0.00982. The number of hydrogen-bond acceptors (Lipinski definition) is 6. The zero-order valence-corrected chi connectivity index (χ0v) is 17.6. The van der Waals surface area contributed by atoms with Gasteiger partial charge in [-0.1, -0.05) is 18.2 Å². The predicted octanol–water partition coefficient (Wildman–Crippen LogP) is 2.88. The van der Waals surface area contributed by atoms with Gasteiger partial charge in [0.15, 0.2) is 0 Å². The molecule has 32 heavy (non-hydrogen) atoms. The van der Waals surface area contributed by atoms with Crippen LogP contribution in [0.4, 0.5) is 11.5 Å². The summed E-state index contributed by atoms with van der Waals surface area (Å²) in [5, 5.41) is 6.14. The summed E-state index contributed by atoms with van der Waals surface area (Å²) in [5.74, 6) is 1.38. The molecule has 8 heteroatoms. The van der Waals surface area contributed by atoms with Crippen molar-refractivity contribution in [1.82, 2.24) is 25.2 Å². The summed E-state index contributed by atoms with van der Waals surface area (Å²) >= 11 is 0. The summed E-state index contributed by atoms with van der Waals surface area (Å²) in [6.45, 7) is 1.18. The van der Waals surface area contributed by atoms with Gasteiger partial charge < -0.3 is 15.5 Å². The van der Waals surface area contributed by atoms with E-state index in [0.29, 0.717) is 37.6 Å². The number of likely N-dealkylation sites (tertiary alicyclic amines) is 1. The van der Waals surface area contributed by atoms with Crippen LogP contribution in [0.25, 0.3) is 11.3 Å². The summed E-state index contributed by atoms with van der Waals surface area (Å²) in [6, 6.07) is 15.2. The highest BCUT2D eigenvalue weighted by atomic mass is 16.2. The number of pyridine rings is 1. The molecule has 2 aliphatic rings. The van der Waals surface area contributed by atoms with Crippen molar-refractivity contribution in [1.29, 1.82) is 0 Å². The van der Waals surface area contributed by atoms with Gasteiger partial charge in [0, 0.05) is 55.1 Å².